The normalized spacial score (nSPS) is 9.11. The van der Waals surface area contributed by atoms with Gasteiger partial charge in [0.05, 0.1) is 23.0 Å². The lowest BCUT2D eigenvalue weighted by atomic mass is 10.2. The third-order valence-corrected chi connectivity index (χ3v) is 1.96. The summed E-state index contributed by atoms with van der Waals surface area (Å²) in [6.07, 6.45) is 0. The molecule has 0 aliphatic heterocycles. The summed E-state index contributed by atoms with van der Waals surface area (Å²) in [5, 5.41) is 21.3. The van der Waals surface area contributed by atoms with Gasteiger partial charge in [0.15, 0.2) is 0 Å². The van der Waals surface area contributed by atoms with E-state index >= 15 is 0 Å². The Morgan fingerprint density at radius 1 is 0.833 bits per heavy atom. The number of benzene rings is 1. The zero-order valence-corrected chi connectivity index (χ0v) is 9.84. The van der Waals surface area contributed by atoms with Crippen molar-refractivity contribution < 1.29 is 19.8 Å². The molecule has 0 spiro atoms. The van der Waals surface area contributed by atoms with Crippen molar-refractivity contribution in [2.24, 2.45) is 0 Å². The van der Waals surface area contributed by atoms with E-state index in [1.54, 1.807) is 12.1 Å². The first-order chi connectivity index (χ1) is 7.59. The lowest BCUT2D eigenvalue weighted by Crippen LogP contribution is -2.32. The third kappa shape index (κ3) is 2.56. The minimum Gasteiger partial charge on any atom is -0.543 e. The molecule has 1 heterocycles. The van der Waals surface area contributed by atoms with Crippen LogP contribution in [0.2, 0.25) is 0 Å². The summed E-state index contributed by atoms with van der Waals surface area (Å²) in [6, 6.07) is 6.31. The van der Waals surface area contributed by atoms with Crippen molar-refractivity contribution in [3.05, 3.63) is 35.7 Å². The van der Waals surface area contributed by atoms with Gasteiger partial charge >= 0.3 is 0 Å². The SMILES string of the molecule is O=C([O-])c1nc2ccccc2nc1C(=O)[O-].[NH4+].[NH4+]. The molecule has 0 unspecified atom stereocenters. The number of aromatic carboxylic acids is 2. The lowest BCUT2D eigenvalue weighted by Gasteiger charge is -2.10. The number of hydrogen-bond acceptors (Lipinski definition) is 6. The Labute approximate surface area is 101 Å². The Hall–Kier alpha value is -2.58. The summed E-state index contributed by atoms with van der Waals surface area (Å²) >= 11 is 0. The number of carboxylic acids is 2. The van der Waals surface area contributed by atoms with Crippen LogP contribution < -0.4 is 22.5 Å². The number of carbonyl (C=O) groups excluding carboxylic acids is 2. The van der Waals surface area contributed by atoms with Crippen LogP contribution in [-0.2, 0) is 0 Å². The largest absolute Gasteiger partial charge is 0.543 e. The average Bonchev–Trinajstić information content (AvgIpc) is 2.27. The number of nitrogens with zero attached hydrogens (tertiary/aromatic N) is 2. The number of fused-ring (bicyclic) bond motifs is 1. The van der Waals surface area contributed by atoms with Crippen molar-refractivity contribution in [3.63, 3.8) is 0 Å². The third-order valence-electron chi connectivity index (χ3n) is 1.96. The summed E-state index contributed by atoms with van der Waals surface area (Å²) in [7, 11) is 0. The second-order valence-corrected chi connectivity index (χ2v) is 2.98. The van der Waals surface area contributed by atoms with Crippen molar-refractivity contribution >= 4 is 23.0 Å². The van der Waals surface area contributed by atoms with E-state index in [4.69, 9.17) is 0 Å². The summed E-state index contributed by atoms with van der Waals surface area (Å²) in [5.74, 6) is -3.39. The van der Waals surface area contributed by atoms with E-state index in [-0.39, 0.29) is 23.3 Å². The monoisotopic (exact) mass is 252 g/mol. The molecule has 0 bridgehead atoms. The van der Waals surface area contributed by atoms with Crippen LogP contribution in [0.5, 0.6) is 0 Å². The molecule has 0 aliphatic carbocycles. The fourth-order valence-corrected chi connectivity index (χ4v) is 1.28. The fraction of sp³-hybridized carbons (Fsp3) is 0. The first-order valence-electron chi connectivity index (χ1n) is 4.29. The number of quaternary nitrogens is 2. The Morgan fingerprint density at radius 3 is 1.44 bits per heavy atom. The van der Waals surface area contributed by atoms with Crippen LogP contribution in [0.1, 0.15) is 21.0 Å². The molecule has 0 amide bonds. The molecule has 0 radical (unpaired) electrons. The molecule has 1 aromatic heterocycles. The Bertz CT molecular complexity index is 547. The zero-order valence-electron chi connectivity index (χ0n) is 9.84. The highest BCUT2D eigenvalue weighted by molar-refractivity contribution is 5.99. The van der Waals surface area contributed by atoms with Crippen molar-refractivity contribution in [2.45, 2.75) is 0 Å². The zero-order chi connectivity index (χ0) is 11.7. The number of para-hydroxylation sites is 2. The second-order valence-electron chi connectivity index (χ2n) is 2.98. The van der Waals surface area contributed by atoms with E-state index in [0.717, 1.165) is 0 Å². The van der Waals surface area contributed by atoms with Crippen LogP contribution in [0.3, 0.4) is 0 Å². The Kier molecular flexibility index (Phi) is 4.85. The topological polar surface area (TPSA) is 179 Å². The van der Waals surface area contributed by atoms with Crippen molar-refractivity contribution in [1.82, 2.24) is 22.3 Å². The number of carboxylic acid groups (broad SMARTS) is 2. The van der Waals surface area contributed by atoms with Gasteiger partial charge < -0.3 is 32.1 Å². The number of hydrogen-bond donors (Lipinski definition) is 2. The molecule has 18 heavy (non-hydrogen) atoms. The molecule has 0 aliphatic rings. The highest BCUT2D eigenvalue weighted by atomic mass is 16.4. The molecule has 0 saturated carbocycles. The molecule has 2 aromatic rings. The smallest absolute Gasteiger partial charge is 0.114 e. The predicted molar refractivity (Wildman–Crippen MR) is 60.2 cm³/mol. The molecule has 96 valence electrons. The van der Waals surface area contributed by atoms with Crippen LogP contribution >= 0.6 is 0 Å². The number of rotatable bonds is 2. The molecular formula is C10H12N4O4. The molecule has 8 heteroatoms. The van der Waals surface area contributed by atoms with Crippen molar-refractivity contribution in [1.29, 1.82) is 0 Å². The van der Waals surface area contributed by atoms with E-state index in [0.29, 0.717) is 0 Å². The van der Waals surface area contributed by atoms with E-state index in [1.165, 1.54) is 12.1 Å². The minimum absolute atomic E-state index is 0. The van der Waals surface area contributed by atoms with Gasteiger partial charge in [-0.25, -0.2) is 9.97 Å². The van der Waals surface area contributed by atoms with Crippen LogP contribution in [0, 0.1) is 0 Å². The van der Waals surface area contributed by atoms with Gasteiger partial charge in [0.2, 0.25) is 0 Å². The van der Waals surface area contributed by atoms with Crippen LogP contribution in [-0.4, -0.2) is 21.9 Å². The van der Waals surface area contributed by atoms with Gasteiger partial charge in [-0.1, -0.05) is 12.1 Å². The summed E-state index contributed by atoms with van der Waals surface area (Å²) in [6.45, 7) is 0. The van der Waals surface area contributed by atoms with E-state index < -0.39 is 23.3 Å². The Balaban J connectivity index is 0.00000144. The lowest BCUT2D eigenvalue weighted by molar-refractivity contribution is -0.260. The molecule has 0 fully saturated rings. The van der Waals surface area contributed by atoms with Crippen molar-refractivity contribution in [3.8, 4) is 0 Å². The average molecular weight is 252 g/mol. The van der Waals surface area contributed by atoms with Gasteiger partial charge in [0.1, 0.15) is 11.4 Å². The second kappa shape index (κ2) is 5.66. The minimum atomic E-state index is -1.70. The summed E-state index contributed by atoms with van der Waals surface area (Å²) < 4.78 is 0. The van der Waals surface area contributed by atoms with Gasteiger partial charge in [0.25, 0.3) is 0 Å². The van der Waals surface area contributed by atoms with Gasteiger partial charge in [-0.15, -0.1) is 0 Å². The van der Waals surface area contributed by atoms with Crippen LogP contribution in [0.4, 0.5) is 0 Å². The molecular weight excluding hydrogens is 240 g/mol. The number of aromatic nitrogens is 2. The standard InChI is InChI=1S/C10H6N2O4.2H3N/c13-9(14)7-8(10(15)16)12-6-4-2-1-3-5(6)11-7;;/h1-4H,(H,13,14)(H,15,16);2*1H3. The molecule has 0 saturated heterocycles. The maximum Gasteiger partial charge on any atom is 0.114 e. The van der Waals surface area contributed by atoms with Gasteiger partial charge in [-0.2, -0.15) is 0 Å². The first-order valence-corrected chi connectivity index (χ1v) is 4.29. The number of carbonyl (C=O) groups is 2. The maximum atomic E-state index is 10.7. The highest BCUT2D eigenvalue weighted by Crippen LogP contribution is 2.11. The molecule has 0 atom stereocenters. The van der Waals surface area contributed by atoms with Crippen molar-refractivity contribution in [2.75, 3.05) is 0 Å². The predicted octanol–water partition coefficient (Wildman–Crippen LogP) is -0.891. The molecule has 1 aromatic carbocycles. The van der Waals surface area contributed by atoms with Gasteiger partial charge in [-0.3, -0.25) is 0 Å². The fourth-order valence-electron chi connectivity index (χ4n) is 1.28. The highest BCUT2D eigenvalue weighted by Gasteiger charge is 2.10. The van der Waals surface area contributed by atoms with E-state index in [9.17, 15) is 19.8 Å². The van der Waals surface area contributed by atoms with Crippen LogP contribution in [0.15, 0.2) is 24.3 Å². The molecule has 8 N–H and O–H groups in total. The maximum absolute atomic E-state index is 10.7. The Morgan fingerprint density at radius 2 is 1.17 bits per heavy atom. The molecule has 8 nitrogen and oxygen atoms in total. The summed E-state index contributed by atoms with van der Waals surface area (Å²) in [5.41, 5.74) is -0.879. The first kappa shape index (κ1) is 15.4. The van der Waals surface area contributed by atoms with Gasteiger partial charge in [-0.05, 0) is 12.1 Å². The van der Waals surface area contributed by atoms with E-state index in [2.05, 4.69) is 9.97 Å². The van der Waals surface area contributed by atoms with Gasteiger partial charge in [0, 0.05) is 0 Å². The summed E-state index contributed by atoms with van der Waals surface area (Å²) in [4.78, 5) is 28.6. The van der Waals surface area contributed by atoms with Crippen LogP contribution in [0.25, 0.3) is 11.0 Å². The molecule has 2 rings (SSSR count). The quantitative estimate of drug-likeness (QED) is 0.699. The van der Waals surface area contributed by atoms with E-state index in [1.807, 2.05) is 0 Å².